The molecule has 2 unspecified atom stereocenters. The van der Waals surface area contributed by atoms with Gasteiger partial charge < -0.3 is 24.8 Å². The smallest absolute Gasteiger partial charge is 0.260 e. The number of nitrogens with one attached hydrogen (secondary N) is 2. The molecule has 2 amide bonds. The second-order valence-corrected chi connectivity index (χ2v) is 9.59. The highest BCUT2D eigenvalue weighted by molar-refractivity contribution is 6.30. The lowest BCUT2D eigenvalue weighted by Crippen LogP contribution is -2.48. The highest BCUT2D eigenvalue weighted by Gasteiger charge is 2.27. The average molecular weight is 503 g/mol. The van der Waals surface area contributed by atoms with Crippen molar-refractivity contribution in [1.29, 1.82) is 0 Å². The van der Waals surface area contributed by atoms with Gasteiger partial charge in [0.15, 0.2) is 23.7 Å². The van der Waals surface area contributed by atoms with Gasteiger partial charge in [-0.15, -0.1) is 0 Å². The lowest BCUT2D eigenvalue weighted by molar-refractivity contribution is -0.129. The first-order valence-corrected chi connectivity index (χ1v) is 12.4. The zero-order chi connectivity index (χ0) is 25.5. The molecule has 2 N–H and O–H groups in total. The summed E-state index contributed by atoms with van der Waals surface area (Å²) in [5.41, 5.74) is 2.16. The standard InChI is InChI=1S/C27H35ClN2O5/c1-16-6-12-23(17(2)14-16)34-18(3)26(31)29-21-8-10-22(11-9-21)30-27(32)19(4)35-24-13-7-20(28)15-25(24)33-5/h6-7,12-15,18-19,21-22H,8-11H2,1-5H3,(H,29,31)(H,30,32). The maximum atomic E-state index is 12.7. The van der Waals surface area contributed by atoms with Crippen molar-refractivity contribution < 1.29 is 23.8 Å². The van der Waals surface area contributed by atoms with Crippen LogP contribution >= 0.6 is 11.6 Å². The zero-order valence-electron chi connectivity index (χ0n) is 21.0. The zero-order valence-corrected chi connectivity index (χ0v) is 21.8. The molecule has 0 radical (unpaired) electrons. The third-order valence-corrected chi connectivity index (χ3v) is 6.46. The summed E-state index contributed by atoms with van der Waals surface area (Å²) in [7, 11) is 1.52. The van der Waals surface area contributed by atoms with E-state index in [9.17, 15) is 9.59 Å². The van der Waals surface area contributed by atoms with Crippen LogP contribution in [-0.2, 0) is 9.59 Å². The van der Waals surface area contributed by atoms with E-state index in [1.54, 1.807) is 32.0 Å². The van der Waals surface area contributed by atoms with Crippen LogP contribution in [0.5, 0.6) is 17.2 Å². The molecule has 190 valence electrons. The summed E-state index contributed by atoms with van der Waals surface area (Å²) in [6.07, 6.45) is 1.85. The first-order valence-electron chi connectivity index (χ1n) is 12.0. The van der Waals surface area contributed by atoms with Crippen LogP contribution in [0.2, 0.25) is 5.02 Å². The molecule has 2 aromatic carbocycles. The minimum atomic E-state index is -0.689. The molecule has 0 saturated heterocycles. The molecule has 1 fully saturated rings. The summed E-state index contributed by atoms with van der Waals surface area (Å²) in [4.78, 5) is 25.3. The van der Waals surface area contributed by atoms with E-state index in [1.165, 1.54) is 7.11 Å². The number of ether oxygens (including phenoxy) is 3. The molecule has 3 rings (SSSR count). The number of aryl methyl sites for hydroxylation is 2. The molecule has 0 bridgehead atoms. The van der Waals surface area contributed by atoms with Crippen molar-refractivity contribution in [1.82, 2.24) is 10.6 Å². The Morgan fingerprint density at radius 2 is 1.34 bits per heavy atom. The fourth-order valence-electron chi connectivity index (χ4n) is 4.18. The maximum absolute atomic E-state index is 12.7. The Kier molecular flexibility index (Phi) is 9.26. The third kappa shape index (κ3) is 7.52. The molecular formula is C27H35ClN2O5. The van der Waals surface area contributed by atoms with Gasteiger partial charge >= 0.3 is 0 Å². The van der Waals surface area contributed by atoms with Gasteiger partial charge in [0.25, 0.3) is 11.8 Å². The van der Waals surface area contributed by atoms with Crippen molar-refractivity contribution in [2.45, 2.75) is 77.7 Å². The number of amides is 2. The second-order valence-electron chi connectivity index (χ2n) is 9.15. The number of benzene rings is 2. The van der Waals surface area contributed by atoms with Gasteiger partial charge in [-0.2, -0.15) is 0 Å². The molecule has 7 nitrogen and oxygen atoms in total. The SMILES string of the molecule is COc1cc(Cl)ccc1OC(C)C(=O)NC1CCC(NC(=O)C(C)Oc2ccc(C)cc2C)CC1. The number of carbonyl (C=O) groups excluding carboxylic acids is 2. The molecule has 0 heterocycles. The molecule has 0 spiro atoms. The van der Waals surface area contributed by atoms with Crippen molar-refractivity contribution in [2.75, 3.05) is 7.11 Å². The number of hydrogen-bond donors (Lipinski definition) is 2. The Labute approximate surface area is 212 Å². The van der Waals surface area contributed by atoms with Crippen LogP contribution in [0, 0.1) is 13.8 Å². The summed E-state index contributed by atoms with van der Waals surface area (Å²) in [5.74, 6) is 1.34. The Bertz CT molecular complexity index is 1040. The predicted octanol–water partition coefficient (Wildman–Crippen LogP) is 4.74. The molecule has 0 aromatic heterocycles. The summed E-state index contributed by atoms with van der Waals surface area (Å²) in [5, 5.41) is 6.68. The molecule has 1 aliphatic rings. The Hall–Kier alpha value is -2.93. The molecule has 0 aliphatic heterocycles. The van der Waals surface area contributed by atoms with Gasteiger partial charge in [0.2, 0.25) is 0 Å². The molecule has 2 atom stereocenters. The van der Waals surface area contributed by atoms with Crippen LogP contribution in [0.4, 0.5) is 0 Å². The minimum Gasteiger partial charge on any atom is -0.493 e. The molecule has 8 heteroatoms. The number of hydrogen-bond acceptors (Lipinski definition) is 5. The summed E-state index contributed by atoms with van der Waals surface area (Å²) >= 11 is 5.98. The van der Waals surface area contributed by atoms with E-state index in [4.69, 9.17) is 25.8 Å². The van der Waals surface area contributed by atoms with Crippen molar-refractivity contribution >= 4 is 23.4 Å². The van der Waals surface area contributed by atoms with E-state index in [1.807, 2.05) is 32.0 Å². The minimum absolute atomic E-state index is 0.0395. The fourth-order valence-corrected chi connectivity index (χ4v) is 4.34. The van der Waals surface area contributed by atoms with Crippen LogP contribution in [0.1, 0.15) is 50.7 Å². The summed E-state index contributed by atoms with van der Waals surface area (Å²) < 4.78 is 16.9. The van der Waals surface area contributed by atoms with Crippen LogP contribution in [0.3, 0.4) is 0 Å². The number of halogens is 1. The van der Waals surface area contributed by atoms with Gasteiger partial charge in [0, 0.05) is 23.2 Å². The summed E-state index contributed by atoms with van der Waals surface area (Å²) in [6.45, 7) is 7.46. The third-order valence-electron chi connectivity index (χ3n) is 6.22. The van der Waals surface area contributed by atoms with Crippen LogP contribution in [-0.4, -0.2) is 43.2 Å². The molecule has 1 aliphatic carbocycles. The molecule has 1 saturated carbocycles. The quantitative estimate of drug-likeness (QED) is 0.517. The van der Waals surface area contributed by atoms with Crippen molar-refractivity contribution in [3.8, 4) is 17.2 Å². The highest BCUT2D eigenvalue weighted by Crippen LogP contribution is 2.31. The van der Waals surface area contributed by atoms with Gasteiger partial charge in [0.1, 0.15) is 5.75 Å². The van der Waals surface area contributed by atoms with Gasteiger partial charge in [-0.05, 0) is 77.1 Å². The second kappa shape index (κ2) is 12.2. The molecule has 2 aromatic rings. The van der Waals surface area contributed by atoms with Crippen LogP contribution in [0.15, 0.2) is 36.4 Å². The van der Waals surface area contributed by atoms with Gasteiger partial charge in [0.05, 0.1) is 7.11 Å². The largest absolute Gasteiger partial charge is 0.493 e. The Morgan fingerprint density at radius 1 is 0.829 bits per heavy atom. The Morgan fingerprint density at radius 3 is 1.86 bits per heavy atom. The van der Waals surface area contributed by atoms with E-state index in [0.29, 0.717) is 16.5 Å². The topological polar surface area (TPSA) is 85.9 Å². The van der Waals surface area contributed by atoms with Gasteiger partial charge in [-0.3, -0.25) is 9.59 Å². The number of rotatable bonds is 9. The normalized spacial score (nSPS) is 19.3. The molecule has 35 heavy (non-hydrogen) atoms. The first kappa shape index (κ1) is 26.7. The van der Waals surface area contributed by atoms with Gasteiger partial charge in [-0.1, -0.05) is 29.3 Å². The van der Waals surface area contributed by atoms with E-state index in [2.05, 4.69) is 10.6 Å². The van der Waals surface area contributed by atoms with E-state index < -0.39 is 12.2 Å². The Balaban J connectivity index is 1.43. The van der Waals surface area contributed by atoms with Crippen LogP contribution in [0.25, 0.3) is 0 Å². The summed E-state index contributed by atoms with van der Waals surface area (Å²) in [6, 6.07) is 11.0. The molecular weight excluding hydrogens is 468 g/mol. The maximum Gasteiger partial charge on any atom is 0.260 e. The van der Waals surface area contributed by atoms with E-state index in [0.717, 1.165) is 42.6 Å². The van der Waals surface area contributed by atoms with Gasteiger partial charge in [-0.25, -0.2) is 0 Å². The average Bonchev–Trinajstić information content (AvgIpc) is 2.82. The fraction of sp³-hybridized carbons (Fsp3) is 0.481. The lowest BCUT2D eigenvalue weighted by atomic mass is 9.91. The predicted molar refractivity (Wildman–Crippen MR) is 136 cm³/mol. The lowest BCUT2D eigenvalue weighted by Gasteiger charge is -2.31. The monoisotopic (exact) mass is 502 g/mol. The van der Waals surface area contributed by atoms with Crippen molar-refractivity contribution in [3.63, 3.8) is 0 Å². The number of methoxy groups -OCH3 is 1. The number of carbonyl (C=O) groups is 2. The van der Waals surface area contributed by atoms with E-state index >= 15 is 0 Å². The van der Waals surface area contributed by atoms with E-state index in [-0.39, 0.29) is 23.9 Å². The van der Waals surface area contributed by atoms with Crippen LogP contribution < -0.4 is 24.8 Å². The first-order chi connectivity index (χ1) is 16.7. The van der Waals surface area contributed by atoms with Crippen molar-refractivity contribution in [3.05, 3.63) is 52.5 Å². The highest BCUT2D eigenvalue weighted by atomic mass is 35.5. The van der Waals surface area contributed by atoms with Crippen molar-refractivity contribution in [2.24, 2.45) is 0 Å².